The Morgan fingerprint density at radius 2 is 1.52 bits per heavy atom. The number of hydrogen-bond donors (Lipinski definition) is 2. The number of nitrogens with two attached hydrogens (primary N) is 1. The van der Waals surface area contributed by atoms with Crippen molar-refractivity contribution in [3.05, 3.63) is 71.0 Å². The van der Waals surface area contributed by atoms with Gasteiger partial charge >= 0.3 is 6.18 Å². The van der Waals surface area contributed by atoms with Gasteiger partial charge in [-0.25, -0.2) is 4.39 Å². The van der Waals surface area contributed by atoms with Gasteiger partial charge in [-0.05, 0) is 41.8 Å². The maximum absolute atomic E-state index is 12.9. The molecule has 112 valence electrons. The predicted molar refractivity (Wildman–Crippen MR) is 71.6 cm³/mol. The Morgan fingerprint density at radius 1 is 0.952 bits per heavy atom. The Bertz CT molecular complexity index is 576. The summed E-state index contributed by atoms with van der Waals surface area (Å²) in [4.78, 5) is 0. The van der Waals surface area contributed by atoms with Crippen molar-refractivity contribution >= 4 is 0 Å². The van der Waals surface area contributed by atoms with E-state index in [2.05, 4.69) is 5.43 Å². The number of halogens is 4. The second-order valence-electron chi connectivity index (χ2n) is 4.67. The van der Waals surface area contributed by atoms with Crippen LogP contribution < -0.4 is 11.3 Å². The molecule has 0 fully saturated rings. The summed E-state index contributed by atoms with van der Waals surface area (Å²) in [6.45, 7) is 0. The predicted octanol–water partition coefficient (Wildman–Crippen LogP) is 3.59. The van der Waals surface area contributed by atoms with Crippen LogP contribution in [0.1, 0.15) is 22.7 Å². The lowest BCUT2D eigenvalue weighted by molar-refractivity contribution is -0.137. The van der Waals surface area contributed by atoms with Gasteiger partial charge < -0.3 is 0 Å². The molecule has 3 N–H and O–H groups in total. The summed E-state index contributed by atoms with van der Waals surface area (Å²) >= 11 is 0. The average Bonchev–Trinajstić information content (AvgIpc) is 2.45. The normalized spacial score (nSPS) is 13.2. The molecule has 1 atom stereocenters. The van der Waals surface area contributed by atoms with Gasteiger partial charge in [0.1, 0.15) is 5.82 Å². The lowest BCUT2D eigenvalue weighted by Crippen LogP contribution is -2.29. The first kappa shape index (κ1) is 15.5. The minimum absolute atomic E-state index is 0.303. The maximum Gasteiger partial charge on any atom is 0.416 e. The molecule has 1 unspecified atom stereocenters. The van der Waals surface area contributed by atoms with Gasteiger partial charge in [0.2, 0.25) is 0 Å². The number of nitrogens with one attached hydrogen (secondary N) is 1. The van der Waals surface area contributed by atoms with E-state index in [1.807, 2.05) is 0 Å². The molecule has 2 aromatic carbocycles. The third kappa shape index (κ3) is 4.03. The maximum atomic E-state index is 12.9. The van der Waals surface area contributed by atoms with E-state index < -0.39 is 11.7 Å². The third-order valence-electron chi connectivity index (χ3n) is 3.19. The Morgan fingerprint density at radius 3 is 2.00 bits per heavy atom. The Hall–Kier alpha value is -1.92. The SMILES string of the molecule is NNC(Cc1ccc(C(F)(F)F)cc1)c1ccc(F)cc1. The largest absolute Gasteiger partial charge is 0.416 e. The molecule has 0 heterocycles. The highest BCUT2D eigenvalue weighted by Crippen LogP contribution is 2.29. The molecule has 0 amide bonds. The molecular formula is C15H14F4N2. The lowest BCUT2D eigenvalue weighted by Gasteiger charge is -2.17. The van der Waals surface area contributed by atoms with Crippen LogP contribution in [0.3, 0.4) is 0 Å². The van der Waals surface area contributed by atoms with Crippen LogP contribution in [0.15, 0.2) is 48.5 Å². The van der Waals surface area contributed by atoms with Crippen molar-refractivity contribution in [2.75, 3.05) is 0 Å². The molecular weight excluding hydrogens is 284 g/mol. The lowest BCUT2D eigenvalue weighted by atomic mass is 9.98. The summed E-state index contributed by atoms with van der Waals surface area (Å²) in [5.74, 6) is 5.11. The minimum Gasteiger partial charge on any atom is -0.271 e. The van der Waals surface area contributed by atoms with Crippen molar-refractivity contribution in [3.8, 4) is 0 Å². The number of alkyl halides is 3. The second kappa shape index (κ2) is 6.24. The first-order valence-corrected chi connectivity index (χ1v) is 6.28. The van der Waals surface area contributed by atoms with Crippen molar-refractivity contribution in [1.82, 2.24) is 5.43 Å². The zero-order chi connectivity index (χ0) is 15.5. The van der Waals surface area contributed by atoms with Crippen LogP contribution in [0.5, 0.6) is 0 Å². The molecule has 2 rings (SSSR count). The van der Waals surface area contributed by atoms with Gasteiger partial charge in [-0.2, -0.15) is 13.2 Å². The number of hydrogen-bond acceptors (Lipinski definition) is 2. The van der Waals surface area contributed by atoms with Crippen LogP contribution in [0.2, 0.25) is 0 Å². The van der Waals surface area contributed by atoms with Gasteiger partial charge in [0.15, 0.2) is 0 Å². The molecule has 0 aromatic heterocycles. The van der Waals surface area contributed by atoms with Crippen LogP contribution in [0.25, 0.3) is 0 Å². The fourth-order valence-corrected chi connectivity index (χ4v) is 2.03. The molecule has 0 radical (unpaired) electrons. The number of hydrazine groups is 1. The molecule has 0 aliphatic carbocycles. The van der Waals surface area contributed by atoms with Gasteiger partial charge in [0, 0.05) is 6.04 Å². The highest BCUT2D eigenvalue weighted by molar-refractivity contribution is 5.28. The van der Waals surface area contributed by atoms with Crippen molar-refractivity contribution in [2.45, 2.75) is 18.6 Å². The van der Waals surface area contributed by atoms with Gasteiger partial charge in [-0.3, -0.25) is 11.3 Å². The summed E-state index contributed by atoms with van der Waals surface area (Å²) in [7, 11) is 0. The molecule has 0 spiro atoms. The van der Waals surface area contributed by atoms with Gasteiger partial charge in [0.05, 0.1) is 5.56 Å². The van der Waals surface area contributed by atoms with Crippen LogP contribution in [0, 0.1) is 5.82 Å². The zero-order valence-corrected chi connectivity index (χ0v) is 11.0. The smallest absolute Gasteiger partial charge is 0.271 e. The summed E-state index contributed by atoms with van der Waals surface area (Å²) in [6.07, 6.45) is -3.94. The standard InChI is InChI=1S/C15H14F4N2/c16-13-7-3-11(4-8-13)14(21-20)9-10-1-5-12(6-2-10)15(17,18)19/h1-8,14,21H,9,20H2. The van der Waals surface area contributed by atoms with Crippen molar-refractivity contribution in [2.24, 2.45) is 5.84 Å². The summed E-state index contributed by atoms with van der Waals surface area (Å²) in [6, 6.07) is 10.4. The zero-order valence-electron chi connectivity index (χ0n) is 11.0. The van der Waals surface area contributed by atoms with Crippen LogP contribution in [0.4, 0.5) is 17.6 Å². The van der Waals surface area contributed by atoms with Gasteiger partial charge in [-0.1, -0.05) is 24.3 Å². The molecule has 2 nitrogen and oxygen atoms in total. The Kier molecular flexibility index (Phi) is 4.59. The highest BCUT2D eigenvalue weighted by Gasteiger charge is 2.30. The van der Waals surface area contributed by atoms with Gasteiger partial charge in [-0.15, -0.1) is 0 Å². The van der Waals surface area contributed by atoms with Crippen LogP contribution in [-0.2, 0) is 12.6 Å². The molecule has 0 aliphatic heterocycles. The molecule has 0 bridgehead atoms. The van der Waals surface area contributed by atoms with E-state index in [0.29, 0.717) is 12.0 Å². The second-order valence-corrected chi connectivity index (χ2v) is 4.67. The van der Waals surface area contributed by atoms with E-state index in [1.165, 1.54) is 24.3 Å². The van der Waals surface area contributed by atoms with E-state index in [1.54, 1.807) is 12.1 Å². The van der Waals surface area contributed by atoms with Crippen LogP contribution in [-0.4, -0.2) is 0 Å². The van der Waals surface area contributed by atoms with Crippen molar-refractivity contribution < 1.29 is 17.6 Å². The van der Waals surface area contributed by atoms with E-state index in [9.17, 15) is 17.6 Å². The summed E-state index contributed by atoms with van der Waals surface area (Å²) in [5, 5.41) is 0. The topological polar surface area (TPSA) is 38.0 Å². The minimum atomic E-state index is -4.35. The highest BCUT2D eigenvalue weighted by atomic mass is 19.4. The molecule has 0 aliphatic rings. The van der Waals surface area contributed by atoms with E-state index in [-0.39, 0.29) is 11.9 Å². The number of benzene rings is 2. The molecule has 2 aromatic rings. The number of rotatable bonds is 4. The monoisotopic (exact) mass is 298 g/mol. The Balaban J connectivity index is 2.13. The quantitative estimate of drug-likeness (QED) is 0.514. The van der Waals surface area contributed by atoms with E-state index >= 15 is 0 Å². The van der Waals surface area contributed by atoms with E-state index in [0.717, 1.165) is 17.7 Å². The first-order chi connectivity index (χ1) is 9.90. The Labute approximate surface area is 119 Å². The van der Waals surface area contributed by atoms with Crippen LogP contribution >= 0.6 is 0 Å². The summed E-state index contributed by atoms with van der Waals surface area (Å²) in [5.41, 5.74) is 3.36. The first-order valence-electron chi connectivity index (χ1n) is 6.28. The fourth-order valence-electron chi connectivity index (χ4n) is 2.03. The van der Waals surface area contributed by atoms with Crippen molar-refractivity contribution in [3.63, 3.8) is 0 Å². The molecule has 0 saturated carbocycles. The third-order valence-corrected chi connectivity index (χ3v) is 3.19. The fraction of sp³-hybridized carbons (Fsp3) is 0.200. The van der Waals surface area contributed by atoms with Crippen molar-refractivity contribution in [1.29, 1.82) is 0 Å². The summed E-state index contributed by atoms with van der Waals surface area (Å²) < 4.78 is 50.3. The molecule has 0 saturated heterocycles. The average molecular weight is 298 g/mol. The molecule has 21 heavy (non-hydrogen) atoms. The van der Waals surface area contributed by atoms with Gasteiger partial charge in [0.25, 0.3) is 0 Å². The van der Waals surface area contributed by atoms with E-state index in [4.69, 9.17) is 5.84 Å². The molecule has 6 heteroatoms.